The van der Waals surface area contributed by atoms with Crippen molar-refractivity contribution in [1.29, 1.82) is 0 Å². The van der Waals surface area contributed by atoms with Gasteiger partial charge in [-0.2, -0.15) is 0 Å². The molecule has 4 rings (SSSR count). The zero-order chi connectivity index (χ0) is 19.6. The van der Waals surface area contributed by atoms with E-state index in [2.05, 4.69) is 0 Å². The predicted octanol–water partition coefficient (Wildman–Crippen LogP) is 5.72. The zero-order valence-corrected chi connectivity index (χ0v) is 15.9. The Labute approximate surface area is 165 Å². The lowest BCUT2D eigenvalue weighted by molar-refractivity contribution is 0.256. The van der Waals surface area contributed by atoms with Gasteiger partial charge in [0.1, 0.15) is 17.2 Å². The molecule has 28 heavy (non-hydrogen) atoms. The molecule has 3 aromatic rings. The summed E-state index contributed by atoms with van der Waals surface area (Å²) in [6.07, 6.45) is 5.32. The van der Waals surface area contributed by atoms with Crippen molar-refractivity contribution in [2.45, 2.75) is 37.5 Å². The fraction of sp³-hybridized carbons (Fsp3) is 0.280. The van der Waals surface area contributed by atoms with Crippen LogP contribution in [0.2, 0.25) is 0 Å². The van der Waals surface area contributed by atoms with E-state index < -0.39 is 5.41 Å². The number of aromatic hydroxyl groups is 3. The number of phenolic OH excluding ortho intramolecular Hbond substituents is 3. The molecule has 3 nitrogen and oxygen atoms in total. The van der Waals surface area contributed by atoms with Crippen LogP contribution in [-0.4, -0.2) is 15.3 Å². The smallest absolute Gasteiger partial charge is 0.120 e. The molecule has 3 N–H and O–H groups in total. The minimum absolute atomic E-state index is 0.149. The van der Waals surface area contributed by atoms with Gasteiger partial charge in [-0.25, -0.2) is 0 Å². The van der Waals surface area contributed by atoms with E-state index in [1.165, 1.54) is 6.42 Å². The van der Waals surface area contributed by atoms with Crippen LogP contribution in [0.25, 0.3) is 0 Å². The van der Waals surface area contributed by atoms with Crippen molar-refractivity contribution in [3.05, 3.63) is 89.5 Å². The van der Waals surface area contributed by atoms with Crippen molar-refractivity contribution in [3.63, 3.8) is 0 Å². The SMILES string of the molecule is Oc1ccccc1C(c1ccccc1O)(c1ccccc1O)C1CCCCC1. The summed E-state index contributed by atoms with van der Waals surface area (Å²) >= 11 is 0. The second-order valence-electron chi connectivity index (χ2n) is 7.69. The topological polar surface area (TPSA) is 60.7 Å². The minimum Gasteiger partial charge on any atom is -0.508 e. The van der Waals surface area contributed by atoms with Gasteiger partial charge < -0.3 is 15.3 Å². The molecule has 0 saturated heterocycles. The average Bonchev–Trinajstić information content (AvgIpc) is 2.73. The number of benzene rings is 3. The molecule has 3 aromatic carbocycles. The Balaban J connectivity index is 2.13. The van der Waals surface area contributed by atoms with Crippen molar-refractivity contribution in [1.82, 2.24) is 0 Å². The van der Waals surface area contributed by atoms with E-state index in [1.807, 2.05) is 36.4 Å². The van der Waals surface area contributed by atoms with Gasteiger partial charge >= 0.3 is 0 Å². The van der Waals surface area contributed by atoms with Gasteiger partial charge in [0, 0.05) is 16.7 Å². The average molecular weight is 374 g/mol. The molecule has 3 heteroatoms. The first-order valence-electron chi connectivity index (χ1n) is 10.0. The first kappa shape index (κ1) is 18.4. The fourth-order valence-corrected chi connectivity index (χ4v) is 5.05. The summed E-state index contributed by atoms with van der Waals surface area (Å²) in [4.78, 5) is 0. The van der Waals surface area contributed by atoms with Gasteiger partial charge in [0.2, 0.25) is 0 Å². The highest BCUT2D eigenvalue weighted by molar-refractivity contribution is 5.61. The summed E-state index contributed by atoms with van der Waals surface area (Å²) in [6, 6.07) is 22.0. The molecule has 1 aliphatic rings. The van der Waals surface area contributed by atoms with Crippen LogP contribution in [0.3, 0.4) is 0 Å². The van der Waals surface area contributed by atoms with E-state index in [0.717, 1.165) is 42.4 Å². The Kier molecular flexibility index (Phi) is 4.99. The van der Waals surface area contributed by atoms with Gasteiger partial charge in [-0.1, -0.05) is 73.9 Å². The molecule has 0 aromatic heterocycles. The summed E-state index contributed by atoms with van der Waals surface area (Å²) in [5, 5.41) is 32.8. The lowest BCUT2D eigenvalue weighted by atomic mass is 9.57. The molecular formula is C25H26O3. The van der Waals surface area contributed by atoms with Crippen molar-refractivity contribution < 1.29 is 15.3 Å². The molecule has 0 spiro atoms. The molecule has 0 unspecified atom stereocenters. The summed E-state index contributed by atoms with van der Waals surface area (Å²) in [6.45, 7) is 0. The molecular weight excluding hydrogens is 348 g/mol. The lowest BCUT2D eigenvalue weighted by Crippen LogP contribution is -2.39. The monoisotopic (exact) mass is 374 g/mol. The third kappa shape index (κ3) is 2.91. The van der Waals surface area contributed by atoms with E-state index in [4.69, 9.17) is 0 Å². The van der Waals surface area contributed by atoms with Gasteiger partial charge in [0.05, 0.1) is 5.41 Å². The molecule has 1 fully saturated rings. The first-order chi connectivity index (χ1) is 13.7. The van der Waals surface area contributed by atoms with Gasteiger partial charge in [0.25, 0.3) is 0 Å². The van der Waals surface area contributed by atoms with E-state index in [0.29, 0.717) is 0 Å². The van der Waals surface area contributed by atoms with Gasteiger partial charge in [0.15, 0.2) is 0 Å². The highest BCUT2D eigenvalue weighted by Crippen LogP contribution is 2.56. The van der Waals surface area contributed by atoms with Crippen LogP contribution in [0.15, 0.2) is 72.8 Å². The maximum atomic E-state index is 10.9. The zero-order valence-electron chi connectivity index (χ0n) is 15.9. The van der Waals surface area contributed by atoms with Crippen molar-refractivity contribution >= 4 is 0 Å². The second-order valence-corrected chi connectivity index (χ2v) is 7.69. The Morgan fingerprint density at radius 3 is 1.25 bits per heavy atom. The third-order valence-electron chi connectivity index (χ3n) is 6.20. The number of rotatable bonds is 4. The van der Waals surface area contributed by atoms with Crippen molar-refractivity contribution in [2.24, 2.45) is 5.92 Å². The molecule has 1 saturated carbocycles. The number of para-hydroxylation sites is 3. The summed E-state index contributed by atoms with van der Waals surface area (Å²) in [5.41, 5.74) is 1.35. The molecule has 1 aliphatic carbocycles. The van der Waals surface area contributed by atoms with Gasteiger partial charge in [-0.3, -0.25) is 0 Å². The van der Waals surface area contributed by atoms with Crippen LogP contribution < -0.4 is 0 Å². The minimum atomic E-state index is -0.831. The van der Waals surface area contributed by atoms with E-state index in [1.54, 1.807) is 36.4 Å². The normalized spacial score (nSPS) is 15.4. The molecule has 0 amide bonds. The van der Waals surface area contributed by atoms with Gasteiger partial charge in [-0.15, -0.1) is 0 Å². The summed E-state index contributed by atoms with van der Waals surface area (Å²) < 4.78 is 0. The summed E-state index contributed by atoms with van der Waals surface area (Å²) in [5.74, 6) is 0.690. The fourth-order valence-electron chi connectivity index (χ4n) is 5.05. The van der Waals surface area contributed by atoms with Crippen LogP contribution in [0.5, 0.6) is 17.2 Å². The van der Waals surface area contributed by atoms with Crippen LogP contribution in [0, 0.1) is 5.92 Å². The molecule has 0 bridgehead atoms. The number of hydrogen-bond donors (Lipinski definition) is 3. The Morgan fingerprint density at radius 2 is 0.893 bits per heavy atom. The van der Waals surface area contributed by atoms with E-state index in [-0.39, 0.29) is 23.2 Å². The molecule has 0 radical (unpaired) electrons. The Bertz CT molecular complexity index is 846. The largest absolute Gasteiger partial charge is 0.508 e. The van der Waals surface area contributed by atoms with Gasteiger partial charge in [-0.05, 0) is 37.0 Å². The predicted molar refractivity (Wildman–Crippen MR) is 111 cm³/mol. The highest BCUT2D eigenvalue weighted by Gasteiger charge is 2.48. The van der Waals surface area contributed by atoms with E-state index in [9.17, 15) is 15.3 Å². The standard InChI is InChI=1S/C25H26O3/c26-22-15-7-4-12-19(22)25(18-10-2-1-3-11-18,20-13-5-8-16-23(20)27)21-14-6-9-17-24(21)28/h4-9,12-18,26-28H,1-3,10-11H2. The number of phenols is 3. The molecule has 144 valence electrons. The Morgan fingerprint density at radius 1 is 0.536 bits per heavy atom. The maximum absolute atomic E-state index is 10.9. The second kappa shape index (κ2) is 7.59. The molecule has 0 aliphatic heterocycles. The number of hydrogen-bond acceptors (Lipinski definition) is 3. The van der Waals surface area contributed by atoms with Crippen LogP contribution in [0.4, 0.5) is 0 Å². The lowest BCUT2D eigenvalue weighted by Gasteiger charge is -2.45. The van der Waals surface area contributed by atoms with Crippen LogP contribution >= 0.6 is 0 Å². The first-order valence-corrected chi connectivity index (χ1v) is 10.0. The Hall–Kier alpha value is -2.94. The molecule has 0 atom stereocenters. The van der Waals surface area contributed by atoms with E-state index >= 15 is 0 Å². The summed E-state index contributed by atoms with van der Waals surface area (Å²) in [7, 11) is 0. The highest BCUT2D eigenvalue weighted by atomic mass is 16.3. The third-order valence-corrected chi connectivity index (χ3v) is 6.20. The van der Waals surface area contributed by atoms with Crippen molar-refractivity contribution in [3.8, 4) is 17.2 Å². The maximum Gasteiger partial charge on any atom is 0.120 e. The van der Waals surface area contributed by atoms with Crippen molar-refractivity contribution in [2.75, 3.05) is 0 Å². The van der Waals surface area contributed by atoms with Crippen LogP contribution in [0.1, 0.15) is 48.8 Å². The molecule has 0 heterocycles. The van der Waals surface area contributed by atoms with Crippen LogP contribution in [-0.2, 0) is 5.41 Å². The quantitative estimate of drug-likeness (QED) is 0.512.